The number of nitrogens with zero attached hydrogens (tertiary/aromatic N) is 4. The number of hydrogen-bond acceptors (Lipinski definition) is 4. The molecule has 0 spiro atoms. The van der Waals surface area contributed by atoms with Gasteiger partial charge in [-0.1, -0.05) is 49.6 Å². The lowest BCUT2D eigenvalue weighted by Gasteiger charge is -2.35. The van der Waals surface area contributed by atoms with Crippen LogP contribution in [0.4, 0.5) is 0 Å². The molecule has 2 fully saturated rings. The highest BCUT2D eigenvalue weighted by molar-refractivity contribution is 5.97. The Morgan fingerprint density at radius 1 is 1.15 bits per heavy atom. The van der Waals surface area contributed by atoms with Gasteiger partial charge in [-0.3, -0.25) is 9.69 Å². The van der Waals surface area contributed by atoms with Gasteiger partial charge in [0.05, 0.1) is 0 Å². The normalized spacial score (nSPS) is 19.6. The van der Waals surface area contributed by atoms with Crippen molar-refractivity contribution in [1.29, 1.82) is 5.26 Å². The Labute approximate surface area is 162 Å². The largest absolute Gasteiger partial charge is 0.374 e. The van der Waals surface area contributed by atoms with Crippen molar-refractivity contribution in [2.45, 2.75) is 44.7 Å². The van der Waals surface area contributed by atoms with Gasteiger partial charge in [-0.25, -0.2) is 0 Å². The molecule has 3 rings (SSSR count). The number of carbonyl (C=O) groups is 1. The highest BCUT2D eigenvalue weighted by Crippen LogP contribution is 2.22. The quantitative estimate of drug-likeness (QED) is 0.594. The molecule has 0 N–H and O–H groups in total. The molecule has 1 heterocycles. The summed E-state index contributed by atoms with van der Waals surface area (Å²) < 4.78 is 0. The molecule has 5 heteroatoms. The molecule has 0 aromatic heterocycles. The Balaban J connectivity index is 1.53. The van der Waals surface area contributed by atoms with Gasteiger partial charge in [0, 0.05) is 52.0 Å². The van der Waals surface area contributed by atoms with Gasteiger partial charge in [-0.2, -0.15) is 5.26 Å². The Morgan fingerprint density at radius 3 is 2.44 bits per heavy atom. The van der Waals surface area contributed by atoms with Crippen LogP contribution in [0.1, 0.15) is 37.7 Å². The Morgan fingerprint density at radius 2 is 1.81 bits per heavy atom. The number of benzene rings is 1. The Hall–Kier alpha value is -2.32. The third-order valence-corrected chi connectivity index (χ3v) is 5.76. The van der Waals surface area contributed by atoms with E-state index in [1.54, 1.807) is 11.1 Å². The number of rotatable bonds is 5. The van der Waals surface area contributed by atoms with Crippen molar-refractivity contribution in [3.8, 4) is 6.07 Å². The van der Waals surface area contributed by atoms with Crippen LogP contribution in [-0.4, -0.2) is 59.9 Å². The Bertz CT molecular complexity index is 680. The highest BCUT2D eigenvalue weighted by Gasteiger charge is 2.25. The summed E-state index contributed by atoms with van der Waals surface area (Å²) in [7, 11) is 1.85. The summed E-state index contributed by atoms with van der Waals surface area (Å²) in [5.74, 6) is -0.129. The standard InChI is InChI=1S/C22H30N4O/c1-24(21-10-6-3-7-11-21)22(27)20(16-23)18-26-14-12-25(13-15-26)17-19-8-4-2-5-9-19/h2,4-5,8-9,18,21H,3,6-7,10-15,17H2,1H3/b20-18-. The predicted molar refractivity (Wildman–Crippen MR) is 107 cm³/mol. The van der Waals surface area contributed by atoms with E-state index in [1.165, 1.54) is 24.8 Å². The van der Waals surface area contributed by atoms with Crippen molar-refractivity contribution in [3.05, 3.63) is 47.7 Å². The number of carbonyl (C=O) groups excluding carboxylic acids is 1. The van der Waals surface area contributed by atoms with Gasteiger partial charge in [0.15, 0.2) is 0 Å². The van der Waals surface area contributed by atoms with Crippen molar-refractivity contribution in [1.82, 2.24) is 14.7 Å². The summed E-state index contributed by atoms with van der Waals surface area (Å²) in [6.07, 6.45) is 7.50. The van der Waals surface area contributed by atoms with E-state index in [9.17, 15) is 10.1 Å². The number of likely N-dealkylation sites (N-methyl/N-ethyl adjacent to an activating group) is 1. The molecule has 1 aliphatic heterocycles. The van der Waals surface area contributed by atoms with E-state index in [1.807, 2.05) is 13.1 Å². The van der Waals surface area contributed by atoms with Crippen molar-refractivity contribution in [2.75, 3.05) is 33.2 Å². The summed E-state index contributed by atoms with van der Waals surface area (Å²) in [6, 6.07) is 12.9. The fourth-order valence-electron chi connectivity index (χ4n) is 4.03. The fraction of sp³-hybridized carbons (Fsp3) is 0.545. The molecule has 1 aromatic rings. The molecule has 27 heavy (non-hydrogen) atoms. The summed E-state index contributed by atoms with van der Waals surface area (Å²) in [6.45, 7) is 4.53. The molecule has 1 saturated carbocycles. The molecule has 1 amide bonds. The van der Waals surface area contributed by atoms with E-state index in [-0.39, 0.29) is 17.5 Å². The molecule has 144 valence electrons. The van der Waals surface area contributed by atoms with Gasteiger partial charge in [0.2, 0.25) is 0 Å². The molecule has 0 bridgehead atoms. The third kappa shape index (κ3) is 5.33. The SMILES string of the molecule is CN(C(=O)/C(C#N)=C\N1CCN(Cc2ccccc2)CC1)C1CCCCC1. The maximum absolute atomic E-state index is 12.8. The van der Waals surface area contributed by atoms with Crippen molar-refractivity contribution in [3.63, 3.8) is 0 Å². The lowest BCUT2D eigenvalue weighted by atomic mass is 9.94. The van der Waals surface area contributed by atoms with Crippen LogP contribution in [0.15, 0.2) is 42.1 Å². The van der Waals surface area contributed by atoms with E-state index in [2.05, 4.69) is 40.1 Å². The molecule has 2 aliphatic rings. The summed E-state index contributed by atoms with van der Waals surface area (Å²) in [5, 5.41) is 9.52. The van der Waals surface area contributed by atoms with E-state index < -0.39 is 0 Å². The topological polar surface area (TPSA) is 50.6 Å². The zero-order chi connectivity index (χ0) is 19.1. The first kappa shape index (κ1) is 19.4. The first-order valence-corrected chi connectivity index (χ1v) is 10.1. The van der Waals surface area contributed by atoms with Crippen LogP contribution < -0.4 is 0 Å². The molecule has 1 saturated heterocycles. The first-order valence-electron chi connectivity index (χ1n) is 10.1. The van der Waals surface area contributed by atoms with Crippen LogP contribution in [0.2, 0.25) is 0 Å². The van der Waals surface area contributed by atoms with Gasteiger partial charge >= 0.3 is 0 Å². The number of hydrogen-bond donors (Lipinski definition) is 0. The minimum Gasteiger partial charge on any atom is -0.374 e. The molecule has 0 atom stereocenters. The van der Waals surface area contributed by atoms with Crippen LogP contribution in [0.25, 0.3) is 0 Å². The van der Waals surface area contributed by atoms with Crippen molar-refractivity contribution in [2.24, 2.45) is 0 Å². The minimum atomic E-state index is -0.129. The summed E-state index contributed by atoms with van der Waals surface area (Å²) in [4.78, 5) is 19.1. The molecule has 0 radical (unpaired) electrons. The predicted octanol–water partition coefficient (Wildman–Crippen LogP) is 3.00. The van der Waals surface area contributed by atoms with Crippen molar-refractivity contribution < 1.29 is 4.79 Å². The van der Waals surface area contributed by atoms with E-state index >= 15 is 0 Å². The van der Waals surface area contributed by atoms with Crippen LogP contribution in [0.3, 0.4) is 0 Å². The van der Waals surface area contributed by atoms with Crippen LogP contribution >= 0.6 is 0 Å². The van der Waals surface area contributed by atoms with Crippen LogP contribution in [-0.2, 0) is 11.3 Å². The Kier molecular flexibility index (Phi) is 6.89. The second kappa shape index (κ2) is 9.57. The second-order valence-corrected chi connectivity index (χ2v) is 7.66. The average Bonchev–Trinajstić information content (AvgIpc) is 2.73. The molecule has 1 aromatic carbocycles. The number of nitriles is 1. The summed E-state index contributed by atoms with van der Waals surface area (Å²) in [5.41, 5.74) is 1.59. The molecular formula is C22H30N4O. The molecule has 1 aliphatic carbocycles. The van der Waals surface area contributed by atoms with Crippen LogP contribution in [0, 0.1) is 11.3 Å². The van der Waals surface area contributed by atoms with Crippen LogP contribution in [0.5, 0.6) is 0 Å². The van der Waals surface area contributed by atoms with Gasteiger partial charge in [-0.15, -0.1) is 0 Å². The zero-order valence-corrected chi connectivity index (χ0v) is 16.3. The highest BCUT2D eigenvalue weighted by atomic mass is 16.2. The van der Waals surface area contributed by atoms with Crippen molar-refractivity contribution >= 4 is 5.91 Å². The average molecular weight is 367 g/mol. The van der Waals surface area contributed by atoms with Gasteiger partial charge in [0.25, 0.3) is 5.91 Å². The molecular weight excluding hydrogens is 336 g/mol. The number of piperazine rings is 1. The maximum Gasteiger partial charge on any atom is 0.265 e. The maximum atomic E-state index is 12.8. The first-order chi connectivity index (χ1) is 13.2. The fourth-order valence-corrected chi connectivity index (χ4v) is 4.03. The molecule has 0 unspecified atom stereocenters. The van der Waals surface area contributed by atoms with Gasteiger partial charge < -0.3 is 9.80 Å². The second-order valence-electron chi connectivity index (χ2n) is 7.66. The molecule has 5 nitrogen and oxygen atoms in total. The third-order valence-electron chi connectivity index (χ3n) is 5.76. The zero-order valence-electron chi connectivity index (χ0n) is 16.3. The van der Waals surface area contributed by atoms with E-state index in [4.69, 9.17) is 0 Å². The van der Waals surface area contributed by atoms with E-state index in [0.29, 0.717) is 0 Å². The monoisotopic (exact) mass is 366 g/mol. The lowest BCUT2D eigenvalue weighted by Crippen LogP contribution is -2.44. The van der Waals surface area contributed by atoms with E-state index in [0.717, 1.165) is 45.6 Å². The van der Waals surface area contributed by atoms with Gasteiger partial charge in [-0.05, 0) is 18.4 Å². The minimum absolute atomic E-state index is 0.129. The van der Waals surface area contributed by atoms with Gasteiger partial charge in [0.1, 0.15) is 11.6 Å². The summed E-state index contributed by atoms with van der Waals surface area (Å²) >= 11 is 0. The lowest BCUT2D eigenvalue weighted by molar-refractivity contribution is -0.128. The number of amides is 1. The smallest absolute Gasteiger partial charge is 0.265 e.